The van der Waals surface area contributed by atoms with Crippen LogP contribution < -0.4 is 9.80 Å². The van der Waals surface area contributed by atoms with Crippen molar-refractivity contribution >= 4 is 55.6 Å². The number of rotatable bonds is 8. The van der Waals surface area contributed by atoms with Crippen LogP contribution >= 0.6 is 22.9 Å². The molecule has 2 aromatic carbocycles. The minimum absolute atomic E-state index is 0.0860. The van der Waals surface area contributed by atoms with E-state index >= 15 is 0 Å². The fourth-order valence-electron chi connectivity index (χ4n) is 3.86. The van der Waals surface area contributed by atoms with E-state index in [1.165, 1.54) is 17.4 Å². The quantitative estimate of drug-likeness (QED) is 0.334. The van der Waals surface area contributed by atoms with Gasteiger partial charge in [-0.15, -0.1) is 0 Å². The van der Waals surface area contributed by atoms with Gasteiger partial charge in [0.05, 0.1) is 28.4 Å². The molecule has 0 N–H and O–H groups in total. The number of carbonyl (C=O) groups excluding carboxylic acids is 1. The van der Waals surface area contributed by atoms with Gasteiger partial charge in [0.25, 0.3) is 11.6 Å². The maximum absolute atomic E-state index is 13.6. The molecule has 1 aliphatic heterocycles. The molecule has 180 valence electrons. The second-order valence-corrected chi connectivity index (χ2v) is 9.73. The van der Waals surface area contributed by atoms with Crippen molar-refractivity contribution < 1.29 is 14.5 Å². The molecular formula is C23H26ClN5O4S. The molecule has 0 aliphatic carbocycles. The summed E-state index contributed by atoms with van der Waals surface area (Å²) in [5.41, 5.74) is 1.42. The molecule has 0 unspecified atom stereocenters. The molecule has 9 nitrogen and oxygen atoms in total. The number of nitrogens with zero attached hydrogens (tertiary/aromatic N) is 5. The number of benzene rings is 2. The maximum atomic E-state index is 13.6. The Morgan fingerprint density at radius 1 is 1.21 bits per heavy atom. The van der Waals surface area contributed by atoms with Crippen molar-refractivity contribution in [1.29, 1.82) is 0 Å². The van der Waals surface area contributed by atoms with Gasteiger partial charge in [-0.25, -0.2) is 4.98 Å². The molecule has 2 heterocycles. The van der Waals surface area contributed by atoms with E-state index in [1.807, 2.05) is 36.0 Å². The van der Waals surface area contributed by atoms with Crippen LogP contribution in [0.25, 0.3) is 10.2 Å². The van der Waals surface area contributed by atoms with Crippen LogP contribution in [0.4, 0.5) is 16.5 Å². The van der Waals surface area contributed by atoms with Crippen molar-refractivity contribution in [3.8, 4) is 0 Å². The Balaban J connectivity index is 1.68. The lowest BCUT2D eigenvalue weighted by Gasteiger charge is -2.28. The van der Waals surface area contributed by atoms with Gasteiger partial charge < -0.3 is 14.5 Å². The van der Waals surface area contributed by atoms with E-state index in [1.54, 1.807) is 23.1 Å². The van der Waals surface area contributed by atoms with Gasteiger partial charge >= 0.3 is 0 Å². The van der Waals surface area contributed by atoms with Crippen LogP contribution in [0, 0.1) is 10.1 Å². The Morgan fingerprint density at radius 2 is 1.97 bits per heavy atom. The maximum Gasteiger partial charge on any atom is 0.293 e. The Morgan fingerprint density at radius 3 is 2.68 bits per heavy atom. The first-order chi connectivity index (χ1) is 16.3. The SMILES string of the molecule is CN(C)CCCN(C(=O)c1ccc(N2CCOCC2)c([N+](=O)[O-])c1)c1nc2ccc(Cl)cc2s1. The molecule has 11 heteroatoms. The minimum Gasteiger partial charge on any atom is -0.378 e. The van der Waals surface area contributed by atoms with Gasteiger partial charge in [0, 0.05) is 36.3 Å². The summed E-state index contributed by atoms with van der Waals surface area (Å²) >= 11 is 7.51. The average molecular weight is 504 g/mol. The van der Waals surface area contributed by atoms with Crippen LogP contribution in [0.3, 0.4) is 0 Å². The van der Waals surface area contributed by atoms with Gasteiger partial charge in [0.15, 0.2) is 5.13 Å². The van der Waals surface area contributed by atoms with E-state index in [2.05, 4.69) is 4.98 Å². The van der Waals surface area contributed by atoms with Crippen LogP contribution in [0.15, 0.2) is 36.4 Å². The average Bonchev–Trinajstić information content (AvgIpc) is 3.24. The standard InChI is InChI=1S/C23H26ClN5O4S/c1-26(2)8-3-9-28(23-25-18-6-5-17(24)15-21(18)34-23)22(30)16-4-7-19(20(14-16)29(31)32)27-10-12-33-13-11-27/h4-7,14-15H,3,8-13H2,1-2H3. The topological polar surface area (TPSA) is 92.0 Å². The number of aromatic nitrogens is 1. The molecule has 1 aliphatic rings. The fraction of sp³-hybridized carbons (Fsp3) is 0.391. The summed E-state index contributed by atoms with van der Waals surface area (Å²) in [6, 6.07) is 10.1. The molecule has 4 rings (SSSR count). The van der Waals surface area contributed by atoms with Crippen LogP contribution in [0.2, 0.25) is 5.02 Å². The second-order valence-electron chi connectivity index (χ2n) is 8.28. The normalized spacial score (nSPS) is 14.1. The first-order valence-corrected chi connectivity index (χ1v) is 12.2. The first kappa shape index (κ1) is 24.3. The van der Waals surface area contributed by atoms with Gasteiger partial charge in [-0.05, 0) is 57.4 Å². The van der Waals surface area contributed by atoms with Crippen LogP contribution in [-0.4, -0.2) is 74.2 Å². The van der Waals surface area contributed by atoms with Gasteiger partial charge in [-0.2, -0.15) is 0 Å². The van der Waals surface area contributed by atoms with Gasteiger partial charge in [0.2, 0.25) is 0 Å². The lowest BCUT2D eigenvalue weighted by molar-refractivity contribution is -0.384. The Bertz CT molecular complexity index is 1200. The summed E-state index contributed by atoms with van der Waals surface area (Å²) < 4.78 is 6.24. The summed E-state index contributed by atoms with van der Waals surface area (Å²) in [6.07, 6.45) is 0.726. The number of ether oxygens (including phenoxy) is 1. The zero-order valence-electron chi connectivity index (χ0n) is 19.1. The highest BCUT2D eigenvalue weighted by molar-refractivity contribution is 7.22. The molecule has 0 spiro atoms. The fourth-order valence-corrected chi connectivity index (χ4v) is 5.13. The predicted molar refractivity (Wildman–Crippen MR) is 136 cm³/mol. The number of nitro benzene ring substituents is 1. The number of thiazole rings is 1. The van der Waals surface area contributed by atoms with Crippen molar-refractivity contribution in [3.05, 3.63) is 57.1 Å². The number of hydrogen-bond donors (Lipinski definition) is 0. The molecule has 3 aromatic rings. The number of morpholine rings is 1. The Labute approximate surface area is 206 Å². The van der Waals surface area contributed by atoms with E-state index in [0.717, 1.165) is 23.2 Å². The van der Waals surface area contributed by atoms with Crippen LogP contribution in [-0.2, 0) is 4.74 Å². The van der Waals surface area contributed by atoms with Crippen molar-refractivity contribution in [1.82, 2.24) is 9.88 Å². The summed E-state index contributed by atoms with van der Waals surface area (Å²) in [5, 5.41) is 13.0. The third-order valence-corrected chi connectivity index (χ3v) is 6.85. The van der Waals surface area contributed by atoms with Crippen molar-refractivity contribution in [3.63, 3.8) is 0 Å². The molecular weight excluding hydrogens is 478 g/mol. The number of hydrogen-bond acceptors (Lipinski definition) is 8. The Kier molecular flexibility index (Phi) is 7.62. The number of halogens is 1. The number of nitro groups is 1. The first-order valence-electron chi connectivity index (χ1n) is 11.0. The summed E-state index contributed by atoms with van der Waals surface area (Å²) in [4.78, 5) is 35.3. The highest BCUT2D eigenvalue weighted by Crippen LogP contribution is 2.34. The van der Waals surface area contributed by atoms with Crippen LogP contribution in [0.1, 0.15) is 16.8 Å². The lowest BCUT2D eigenvalue weighted by atomic mass is 10.1. The number of fused-ring (bicyclic) bond motifs is 1. The van der Waals surface area contributed by atoms with E-state index in [-0.39, 0.29) is 17.2 Å². The highest BCUT2D eigenvalue weighted by atomic mass is 35.5. The predicted octanol–water partition coefficient (Wildman–Crippen LogP) is 4.29. The number of anilines is 2. The van der Waals surface area contributed by atoms with Gasteiger partial charge in [-0.3, -0.25) is 19.8 Å². The Hall–Kier alpha value is -2.79. The molecule has 0 bridgehead atoms. The summed E-state index contributed by atoms with van der Waals surface area (Å²) in [6.45, 7) is 3.39. The molecule has 1 saturated heterocycles. The third kappa shape index (κ3) is 5.47. The monoisotopic (exact) mass is 503 g/mol. The van der Waals surface area contributed by atoms with E-state index in [0.29, 0.717) is 48.7 Å². The summed E-state index contributed by atoms with van der Waals surface area (Å²) in [5.74, 6) is -0.319. The highest BCUT2D eigenvalue weighted by Gasteiger charge is 2.27. The molecule has 1 fully saturated rings. The lowest BCUT2D eigenvalue weighted by Crippen LogP contribution is -2.37. The van der Waals surface area contributed by atoms with Crippen molar-refractivity contribution in [2.45, 2.75) is 6.42 Å². The van der Waals surface area contributed by atoms with Crippen LogP contribution in [0.5, 0.6) is 0 Å². The van der Waals surface area contributed by atoms with E-state index in [9.17, 15) is 14.9 Å². The van der Waals surface area contributed by atoms with Gasteiger partial charge in [-0.1, -0.05) is 22.9 Å². The van der Waals surface area contributed by atoms with Gasteiger partial charge in [0.1, 0.15) is 5.69 Å². The molecule has 0 atom stereocenters. The third-order valence-electron chi connectivity index (χ3n) is 5.57. The minimum atomic E-state index is -0.433. The van der Waals surface area contributed by atoms with Crippen molar-refractivity contribution in [2.75, 3.05) is 63.3 Å². The van der Waals surface area contributed by atoms with E-state index < -0.39 is 4.92 Å². The molecule has 1 aromatic heterocycles. The van der Waals surface area contributed by atoms with E-state index in [4.69, 9.17) is 16.3 Å². The molecule has 0 radical (unpaired) electrons. The molecule has 0 saturated carbocycles. The smallest absolute Gasteiger partial charge is 0.293 e. The zero-order chi connectivity index (χ0) is 24.2. The second kappa shape index (κ2) is 10.6. The largest absolute Gasteiger partial charge is 0.378 e. The summed E-state index contributed by atoms with van der Waals surface area (Å²) in [7, 11) is 3.94. The number of carbonyl (C=O) groups is 1. The van der Waals surface area contributed by atoms with Crippen molar-refractivity contribution in [2.24, 2.45) is 0 Å². The molecule has 34 heavy (non-hydrogen) atoms. The number of amides is 1. The zero-order valence-corrected chi connectivity index (χ0v) is 20.6. The molecule has 1 amide bonds.